The summed E-state index contributed by atoms with van der Waals surface area (Å²) < 4.78 is 2.35. The second-order valence-corrected chi connectivity index (χ2v) is 8.33. The highest BCUT2D eigenvalue weighted by Crippen LogP contribution is 2.28. The lowest BCUT2D eigenvalue weighted by Crippen LogP contribution is -2.23. The summed E-state index contributed by atoms with van der Waals surface area (Å²) in [6.45, 7) is 4.32. The fourth-order valence-corrected chi connectivity index (χ4v) is 4.03. The minimum Gasteiger partial charge on any atom is -0.316 e. The molecule has 1 aromatic carbocycles. The summed E-state index contributed by atoms with van der Waals surface area (Å²) in [5.41, 5.74) is 1.40. The van der Waals surface area contributed by atoms with Gasteiger partial charge in [0.2, 0.25) is 0 Å². The number of rotatable bonds is 7. The maximum atomic E-state index is 3.56. The van der Waals surface area contributed by atoms with Crippen molar-refractivity contribution in [2.24, 2.45) is 0 Å². The van der Waals surface area contributed by atoms with E-state index in [2.05, 4.69) is 80.5 Å². The Hall–Kier alpha value is -0.160. The molecule has 108 valence electrons. The van der Waals surface area contributed by atoms with Gasteiger partial charge in [0.25, 0.3) is 0 Å². The van der Waals surface area contributed by atoms with Crippen molar-refractivity contribution in [1.82, 2.24) is 5.32 Å². The van der Waals surface area contributed by atoms with Gasteiger partial charge >= 0.3 is 0 Å². The Labute approximate surface area is 142 Å². The molecule has 0 amide bonds. The van der Waals surface area contributed by atoms with Crippen molar-refractivity contribution in [1.29, 1.82) is 0 Å². The number of nitrogens with one attached hydrogen (secondary N) is 1. The van der Waals surface area contributed by atoms with Crippen LogP contribution in [0, 0.1) is 0 Å². The monoisotopic (exact) mass is 415 g/mol. The van der Waals surface area contributed by atoms with Crippen LogP contribution in [0.3, 0.4) is 0 Å². The Kier molecular flexibility index (Phi) is 6.75. The minimum absolute atomic E-state index is 0.528. The van der Waals surface area contributed by atoms with Gasteiger partial charge in [-0.3, -0.25) is 0 Å². The molecule has 20 heavy (non-hydrogen) atoms. The number of hydrogen-bond acceptors (Lipinski definition) is 2. The normalized spacial score (nSPS) is 12.6. The third-order valence-electron chi connectivity index (χ3n) is 3.24. The van der Waals surface area contributed by atoms with Crippen LogP contribution >= 0.6 is 43.2 Å². The predicted octanol–water partition coefficient (Wildman–Crippen LogP) is 5.60. The molecule has 2 rings (SSSR count). The van der Waals surface area contributed by atoms with Gasteiger partial charge in [-0.25, -0.2) is 0 Å². The SMILES string of the molecule is CCCNCC(Cc1ccc(Br)s1)c1ccc(Br)cc1. The van der Waals surface area contributed by atoms with Gasteiger partial charge in [0.05, 0.1) is 3.79 Å². The number of halogens is 2. The maximum Gasteiger partial charge on any atom is 0.0701 e. The zero-order valence-corrected chi connectivity index (χ0v) is 15.5. The molecule has 4 heteroatoms. The van der Waals surface area contributed by atoms with Crippen LogP contribution in [0.4, 0.5) is 0 Å². The smallest absolute Gasteiger partial charge is 0.0701 e. The largest absolute Gasteiger partial charge is 0.316 e. The fourth-order valence-electron chi connectivity index (χ4n) is 2.20. The quantitative estimate of drug-likeness (QED) is 0.579. The molecule has 1 atom stereocenters. The van der Waals surface area contributed by atoms with Crippen LogP contribution in [-0.4, -0.2) is 13.1 Å². The first kappa shape index (κ1) is 16.2. The molecule has 0 saturated heterocycles. The molecular weight excluding hydrogens is 398 g/mol. The van der Waals surface area contributed by atoms with E-state index < -0.39 is 0 Å². The first-order chi connectivity index (χ1) is 9.69. The summed E-state index contributed by atoms with van der Waals surface area (Å²) in [5, 5.41) is 3.56. The molecule has 1 unspecified atom stereocenters. The third kappa shape index (κ3) is 4.99. The van der Waals surface area contributed by atoms with Crippen LogP contribution in [-0.2, 0) is 6.42 Å². The molecule has 0 fully saturated rings. The first-order valence-corrected chi connectivity index (χ1v) is 9.29. The highest BCUT2D eigenvalue weighted by Gasteiger charge is 2.13. The molecule has 0 aliphatic heterocycles. The lowest BCUT2D eigenvalue weighted by atomic mass is 9.95. The Morgan fingerprint density at radius 2 is 1.85 bits per heavy atom. The van der Waals surface area contributed by atoms with Crippen molar-refractivity contribution in [2.75, 3.05) is 13.1 Å². The van der Waals surface area contributed by atoms with Crippen molar-refractivity contribution in [3.8, 4) is 0 Å². The zero-order chi connectivity index (χ0) is 14.4. The number of benzene rings is 1. The lowest BCUT2D eigenvalue weighted by molar-refractivity contribution is 0.579. The van der Waals surface area contributed by atoms with E-state index in [0.29, 0.717) is 5.92 Å². The molecule has 0 aliphatic rings. The summed E-state index contributed by atoms with van der Waals surface area (Å²) in [7, 11) is 0. The molecule has 1 nitrogen and oxygen atoms in total. The average molecular weight is 417 g/mol. The summed E-state index contributed by atoms with van der Waals surface area (Å²) >= 11 is 8.89. The van der Waals surface area contributed by atoms with E-state index in [-0.39, 0.29) is 0 Å². The highest BCUT2D eigenvalue weighted by atomic mass is 79.9. The molecule has 1 N–H and O–H groups in total. The van der Waals surface area contributed by atoms with Crippen LogP contribution in [0.2, 0.25) is 0 Å². The Morgan fingerprint density at radius 3 is 2.45 bits per heavy atom. The van der Waals surface area contributed by atoms with E-state index in [9.17, 15) is 0 Å². The summed E-state index contributed by atoms with van der Waals surface area (Å²) in [5.74, 6) is 0.528. The maximum absolute atomic E-state index is 3.56. The minimum atomic E-state index is 0.528. The summed E-state index contributed by atoms with van der Waals surface area (Å²) in [6.07, 6.45) is 2.27. The molecule has 0 aliphatic carbocycles. The average Bonchev–Trinajstić information content (AvgIpc) is 2.84. The van der Waals surface area contributed by atoms with E-state index in [0.717, 1.165) is 24.0 Å². The Balaban J connectivity index is 2.09. The Bertz CT molecular complexity index is 522. The van der Waals surface area contributed by atoms with E-state index in [1.165, 1.54) is 20.6 Å². The second kappa shape index (κ2) is 8.32. The molecule has 0 spiro atoms. The van der Waals surface area contributed by atoms with Gasteiger partial charge in [-0.2, -0.15) is 0 Å². The van der Waals surface area contributed by atoms with Gasteiger partial charge in [0.1, 0.15) is 0 Å². The molecular formula is C16H19Br2NS. The van der Waals surface area contributed by atoms with E-state index in [1.54, 1.807) is 0 Å². The first-order valence-electron chi connectivity index (χ1n) is 6.89. The van der Waals surface area contributed by atoms with E-state index >= 15 is 0 Å². The highest BCUT2D eigenvalue weighted by molar-refractivity contribution is 9.11. The molecule has 1 aromatic heterocycles. The number of hydrogen-bond donors (Lipinski definition) is 1. The predicted molar refractivity (Wildman–Crippen MR) is 95.8 cm³/mol. The molecule has 0 bridgehead atoms. The van der Waals surface area contributed by atoms with E-state index in [4.69, 9.17) is 0 Å². The van der Waals surface area contributed by atoms with Crippen LogP contribution in [0.25, 0.3) is 0 Å². The van der Waals surface area contributed by atoms with Gasteiger partial charge < -0.3 is 5.32 Å². The lowest BCUT2D eigenvalue weighted by Gasteiger charge is -2.17. The van der Waals surface area contributed by atoms with Gasteiger partial charge in [-0.15, -0.1) is 11.3 Å². The van der Waals surface area contributed by atoms with Crippen molar-refractivity contribution in [3.63, 3.8) is 0 Å². The molecule has 0 saturated carbocycles. The Morgan fingerprint density at radius 1 is 1.10 bits per heavy atom. The summed E-state index contributed by atoms with van der Waals surface area (Å²) in [6, 6.07) is 13.1. The van der Waals surface area contributed by atoms with Crippen LogP contribution in [0.15, 0.2) is 44.7 Å². The van der Waals surface area contributed by atoms with Crippen LogP contribution < -0.4 is 5.32 Å². The van der Waals surface area contributed by atoms with Crippen molar-refractivity contribution < 1.29 is 0 Å². The van der Waals surface area contributed by atoms with Crippen molar-refractivity contribution >= 4 is 43.2 Å². The van der Waals surface area contributed by atoms with Gasteiger partial charge in [-0.05, 0) is 65.1 Å². The van der Waals surface area contributed by atoms with Crippen molar-refractivity contribution in [2.45, 2.75) is 25.7 Å². The molecule has 1 heterocycles. The zero-order valence-electron chi connectivity index (χ0n) is 11.5. The molecule has 2 aromatic rings. The second-order valence-electron chi connectivity index (χ2n) is 4.86. The standard InChI is InChI=1S/C16H19Br2NS/c1-2-9-19-11-13(10-15-7-8-16(18)20-15)12-3-5-14(17)6-4-12/h3-8,13,19H,2,9-11H2,1H3. The van der Waals surface area contributed by atoms with Gasteiger partial charge in [0.15, 0.2) is 0 Å². The molecule has 0 radical (unpaired) electrons. The summed E-state index contributed by atoms with van der Waals surface area (Å²) in [4.78, 5) is 1.43. The van der Waals surface area contributed by atoms with Crippen LogP contribution in [0.1, 0.15) is 29.7 Å². The van der Waals surface area contributed by atoms with Crippen molar-refractivity contribution in [3.05, 3.63) is 55.1 Å². The van der Waals surface area contributed by atoms with E-state index in [1.807, 2.05) is 11.3 Å². The fraction of sp³-hybridized carbons (Fsp3) is 0.375. The number of thiophene rings is 1. The topological polar surface area (TPSA) is 12.0 Å². The van der Waals surface area contributed by atoms with Gasteiger partial charge in [0, 0.05) is 21.8 Å². The van der Waals surface area contributed by atoms with Crippen LogP contribution in [0.5, 0.6) is 0 Å². The van der Waals surface area contributed by atoms with Gasteiger partial charge in [-0.1, -0.05) is 35.0 Å². The third-order valence-corrected chi connectivity index (χ3v) is 5.41.